The molecule has 3 nitrogen and oxygen atoms in total. The number of carbonyl (C=O) groups excluding carboxylic acids is 1. The summed E-state index contributed by atoms with van der Waals surface area (Å²) in [6.07, 6.45) is 3.10. The topological polar surface area (TPSA) is 46.3 Å². The Kier molecular flexibility index (Phi) is 6.25. The molecule has 0 spiro atoms. The number of rotatable bonds is 4. The highest BCUT2D eigenvalue weighted by Crippen LogP contribution is 2.32. The molecule has 1 aliphatic rings. The minimum absolute atomic E-state index is 0. The molecule has 1 aromatic rings. The van der Waals surface area contributed by atoms with Gasteiger partial charge in [-0.3, -0.25) is 4.79 Å². The number of hydrogen-bond donors (Lipinski definition) is 1. The number of carbonyl (C=O) groups is 1. The van der Waals surface area contributed by atoms with Crippen LogP contribution >= 0.6 is 12.4 Å². The Labute approximate surface area is 119 Å². The fourth-order valence-electron chi connectivity index (χ4n) is 2.52. The zero-order chi connectivity index (χ0) is 13.0. The SMILES string of the molecule is Cl.NCCCC(=O)N1CCCC1c1cccc(F)c1. The van der Waals surface area contributed by atoms with Gasteiger partial charge in [0.05, 0.1) is 6.04 Å². The van der Waals surface area contributed by atoms with Crippen molar-refractivity contribution in [1.29, 1.82) is 0 Å². The molecule has 19 heavy (non-hydrogen) atoms. The van der Waals surface area contributed by atoms with Crippen molar-refractivity contribution in [1.82, 2.24) is 4.90 Å². The average Bonchev–Trinajstić information content (AvgIpc) is 2.85. The Hall–Kier alpha value is -1.13. The van der Waals surface area contributed by atoms with Gasteiger partial charge in [0.15, 0.2) is 0 Å². The van der Waals surface area contributed by atoms with Gasteiger partial charge in [-0.1, -0.05) is 12.1 Å². The van der Waals surface area contributed by atoms with E-state index in [4.69, 9.17) is 5.73 Å². The average molecular weight is 287 g/mol. The first-order chi connectivity index (χ1) is 8.72. The largest absolute Gasteiger partial charge is 0.336 e. The molecule has 1 atom stereocenters. The molecule has 0 radical (unpaired) electrons. The molecule has 1 amide bonds. The van der Waals surface area contributed by atoms with E-state index in [9.17, 15) is 9.18 Å². The smallest absolute Gasteiger partial charge is 0.223 e. The second kappa shape index (κ2) is 7.46. The lowest BCUT2D eigenvalue weighted by Crippen LogP contribution is -2.30. The molecule has 1 unspecified atom stereocenters. The Balaban J connectivity index is 0.00000180. The predicted molar refractivity (Wildman–Crippen MR) is 75.6 cm³/mol. The quantitative estimate of drug-likeness (QED) is 0.925. The van der Waals surface area contributed by atoms with Crippen molar-refractivity contribution < 1.29 is 9.18 Å². The molecule has 2 N–H and O–H groups in total. The number of halogens is 2. The highest BCUT2D eigenvalue weighted by atomic mass is 35.5. The lowest BCUT2D eigenvalue weighted by atomic mass is 10.0. The van der Waals surface area contributed by atoms with Crippen molar-refractivity contribution in [2.24, 2.45) is 5.73 Å². The van der Waals surface area contributed by atoms with E-state index in [0.29, 0.717) is 19.4 Å². The molecule has 106 valence electrons. The van der Waals surface area contributed by atoms with E-state index in [1.807, 2.05) is 11.0 Å². The summed E-state index contributed by atoms with van der Waals surface area (Å²) in [4.78, 5) is 13.9. The summed E-state index contributed by atoms with van der Waals surface area (Å²) in [5, 5.41) is 0. The van der Waals surface area contributed by atoms with Crippen LogP contribution in [-0.4, -0.2) is 23.9 Å². The number of likely N-dealkylation sites (tertiary alicyclic amines) is 1. The van der Waals surface area contributed by atoms with Crippen LogP contribution < -0.4 is 5.73 Å². The Morgan fingerprint density at radius 1 is 1.47 bits per heavy atom. The van der Waals surface area contributed by atoms with E-state index in [1.54, 1.807) is 6.07 Å². The minimum Gasteiger partial charge on any atom is -0.336 e. The first-order valence-corrected chi connectivity index (χ1v) is 6.47. The molecular weight excluding hydrogens is 267 g/mol. The molecule has 0 aromatic heterocycles. The summed E-state index contributed by atoms with van der Waals surface area (Å²) in [6.45, 7) is 1.30. The Morgan fingerprint density at radius 3 is 2.95 bits per heavy atom. The third kappa shape index (κ3) is 3.91. The first-order valence-electron chi connectivity index (χ1n) is 6.47. The highest BCUT2D eigenvalue weighted by molar-refractivity contribution is 5.85. The fraction of sp³-hybridized carbons (Fsp3) is 0.500. The van der Waals surface area contributed by atoms with E-state index in [2.05, 4.69) is 0 Å². The number of nitrogens with two attached hydrogens (primary N) is 1. The molecule has 1 heterocycles. The maximum Gasteiger partial charge on any atom is 0.223 e. The van der Waals surface area contributed by atoms with Crippen molar-refractivity contribution >= 4 is 18.3 Å². The Morgan fingerprint density at radius 2 is 2.26 bits per heavy atom. The third-order valence-electron chi connectivity index (χ3n) is 3.40. The zero-order valence-electron chi connectivity index (χ0n) is 10.8. The van der Waals surface area contributed by atoms with Gasteiger partial charge in [0, 0.05) is 13.0 Å². The first kappa shape index (κ1) is 15.9. The summed E-state index contributed by atoms with van der Waals surface area (Å²) < 4.78 is 13.2. The molecular formula is C14H20ClFN2O. The van der Waals surface area contributed by atoms with E-state index >= 15 is 0 Å². The van der Waals surface area contributed by atoms with Crippen LogP contribution in [0.3, 0.4) is 0 Å². The monoisotopic (exact) mass is 286 g/mol. The van der Waals surface area contributed by atoms with E-state index in [0.717, 1.165) is 24.9 Å². The lowest BCUT2D eigenvalue weighted by molar-refractivity contribution is -0.132. The van der Waals surface area contributed by atoms with Gasteiger partial charge in [0.2, 0.25) is 5.91 Å². The van der Waals surface area contributed by atoms with Crippen molar-refractivity contribution in [3.05, 3.63) is 35.6 Å². The van der Waals surface area contributed by atoms with Gasteiger partial charge < -0.3 is 10.6 Å². The molecule has 1 aliphatic heterocycles. The van der Waals surface area contributed by atoms with E-state index in [-0.39, 0.29) is 30.2 Å². The van der Waals surface area contributed by atoms with Gasteiger partial charge in [-0.2, -0.15) is 0 Å². The van der Waals surface area contributed by atoms with Gasteiger partial charge in [-0.05, 0) is 43.5 Å². The number of hydrogen-bond acceptors (Lipinski definition) is 2. The molecule has 0 bridgehead atoms. The number of amides is 1. The summed E-state index contributed by atoms with van der Waals surface area (Å²) >= 11 is 0. The highest BCUT2D eigenvalue weighted by Gasteiger charge is 2.29. The third-order valence-corrected chi connectivity index (χ3v) is 3.40. The van der Waals surface area contributed by atoms with Crippen LogP contribution in [0.5, 0.6) is 0 Å². The standard InChI is InChI=1S/C14H19FN2O.ClH/c15-12-5-1-4-11(10-12)13-6-3-9-17(13)14(18)7-2-8-16;/h1,4-5,10,13H,2-3,6-9,16H2;1H. The van der Waals surface area contributed by atoms with Crippen LogP contribution in [0.1, 0.15) is 37.3 Å². The van der Waals surface area contributed by atoms with E-state index in [1.165, 1.54) is 12.1 Å². The molecule has 5 heteroatoms. The molecule has 2 rings (SSSR count). The summed E-state index contributed by atoms with van der Waals surface area (Å²) in [5.41, 5.74) is 6.32. The zero-order valence-corrected chi connectivity index (χ0v) is 11.7. The van der Waals surface area contributed by atoms with Crippen molar-refractivity contribution in [2.45, 2.75) is 31.7 Å². The van der Waals surface area contributed by atoms with Crippen molar-refractivity contribution in [3.63, 3.8) is 0 Å². The van der Waals surface area contributed by atoms with Crippen LogP contribution in [0.2, 0.25) is 0 Å². The van der Waals surface area contributed by atoms with Gasteiger partial charge in [0.1, 0.15) is 5.82 Å². The maximum absolute atomic E-state index is 13.2. The molecule has 1 aromatic carbocycles. The molecule has 0 aliphatic carbocycles. The molecule has 1 saturated heterocycles. The summed E-state index contributed by atoms with van der Waals surface area (Å²) in [7, 11) is 0. The second-order valence-electron chi connectivity index (χ2n) is 4.69. The minimum atomic E-state index is -0.242. The van der Waals surface area contributed by atoms with Crippen LogP contribution in [0.4, 0.5) is 4.39 Å². The van der Waals surface area contributed by atoms with Gasteiger partial charge >= 0.3 is 0 Å². The van der Waals surface area contributed by atoms with Gasteiger partial charge in [-0.15, -0.1) is 12.4 Å². The van der Waals surface area contributed by atoms with Crippen molar-refractivity contribution in [2.75, 3.05) is 13.1 Å². The van der Waals surface area contributed by atoms with Crippen LogP contribution in [-0.2, 0) is 4.79 Å². The van der Waals surface area contributed by atoms with Crippen LogP contribution in [0.25, 0.3) is 0 Å². The van der Waals surface area contributed by atoms with Crippen molar-refractivity contribution in [3.8, 4) is 0 Å². The molecule has 0 saturated carbocycles. The molecule has 1 fully saturated rings. The predicted octanol–water partition coefficient (Wildman–Crippen LogP) is 2.65. The second-order valence-corrected chi connectivity index (χ2v) is 4.69. The van der Waals surface area contributed by atoms with Crippen LogP contribution in [0, 0.1) is 5.82 Å². The summed E-state index contributed by atoms with van der Waals surface area (Å²) in [6, 6.07) is 6.58. The number of benzene rings is 1. The van der Waals surface area contributed by atoms with Gasteiger partial charge in [-0.25, -0.2) is 4.39 Å². The van der Waals surface area contributed by atoms with E-state index < -0.39 is 0 Å². The van der Waals surface area contributed by atoms with Gasteiger partial charge in [0.25, 0.3) is 0 Å². The maximum atomic E-state index is 13.2. The fourth-order valence-corrected chi connectivity index (χ4v) is 2.52. The van der Waals surface area contributed by atoms with Crippen LogP contribution in [0.15, 0.2) is 24.3 Å². The number of nitrogens with zero attached hydrogens (tertiary/aromatic N) is 1. The summed E-state index contributed by atoms with van der Waals surface area (Å²) in [5.74, 6) is -0.110. The lowest BCUT2D eigenvalue weighted by Gasteiger charge is -2.25. The normalized spacial score (nSPS) is 18.2. The Bertz CT molecular complexity index is 428.